The fraction of sp³-hybridized carbons (Fsp3) is 0.375. The minimum atomic E-state index is -3.66. The van der Waals surface area contributed by atoms with Crippen molar-refractivity contribution in [1.29, 1.82) is 0 Å². The molecule has 1 heterocycles. The van der Waals surface area contributed by atoms with E-state index in [1.165, 1.54) is 4.31 Å². The first-order valence-corrected chi connectivity index (χ1v) is 16.5. The van der Waals surface area contributed by atoms with Crippen molar-refractivity contribution in [3.8, 4) is 11.5 Å². The Hall–Kier alpha value is -3.76. The Balaban J connectivity index is 1.59. The first kappa shape index (κ1) is 32.2. The second-order valence-corrected chi connectivity index (χ2v) is 12.9. The zero-order valence-corrected chi connectivity index (χ0v) is 26.2. The van der Waals surface area contributed by atoms with Gasteiger partial charge in [0.25, 0.3) is 0 Å². The number of sulfonamides is 1. The highest BCUT2D eigenvalue weighted by Gasteiger charge is 2.31. The van der Waals surface area contributed by atoms with Gasteiger partial charge in [0.05, 0.1) is 11.9 Å². The van der Waals surface area contributed by atoms with Crippen molar-refractivity contribution in [2.24, 2.45) is 0 Å². The molecule has 2 amide bonds. The number of hydrogen-bond acceptors (Lipinski definition) is 6. The van der Waals surface area contributed by atoms with Crippen LogP contribution in [0.5, 0.6) is 11.5 Å². The highest BCUT2D eigenvalue weighted by molar-refractivity contribution is 7.92. The lowest BCUT2D eigenvalue weighted by atomic mass is 10.0. The van der Waals surface area contributed by atoms with Gasteiger partial charge in [-0.3, -0.25) is 13.9 Å². The molecule has 0 saturated carbocycles. The van der Waals surface area contributed by atoms with Gasteiger partial charge in [0.1, 0.15) is 6.04 Å². The molecule has 1 aliphatic heterocycles. The highest BCUT2D eigenvalue weighted by atomic mass is 35.5. The Morgan fingerprint density at radius 2 is 1.70 bits per heavy atom. The molecule has 0 fully saturated rings. The number of carbonyl (C=O) groups excluding carboxylic acids is 2. The topological polar surface area (TPSA) is 105 Å². The van der Waals surface area contributed by atoms with Crippen LogP contribution in [0.15, 0.2) is 72.8 Å². The first-order chi connectivity index (χ1) is 20.6. The van der Waals surface area contributed by atoms with E-state index in [0.717, 1.165) is 18.2 Å². The van der Waals surface area contributed by atoms with E-state index >= 15 is 0 Å². The van der Waals surface area contributed by atoms with Crippen LogP contribution in [-0.2, 0) is 32.6 Å². The van der Waals surface area contributed by atoms with Crippen molar-refractivity contribution in [2.75, 3.05) is 23.9 Å². The van der Waals surface area contributed by atoms with Crippen LogP contribution < -0.4 is 19.1 Å². The van der Waals surface area contributed by atoms with Gasteiger partial charge in [-0.2, -0.15) is 0 Å². The number of ether oxygens (including phenoxy) is 2. The monoisotopic (exact) mass is 627 g/mol. The van der Waals surface area contributed by atoms with E-state index in [9.17, 15) is 18.0 Å². The van der Waals surface area contributed by atoms with E-state index in [-0.39, 0.29) is 50.6 Å². The Bertz CT molecular complexity index is 1520. The van der Waals surface area contributed by atoms with Crippen molar-refractivity contribution in [1.82, 2.24) is 10.2 Å². The van der Waals surface area contributed by atoms with Gasteiger partial charge in [-0.05, 0) is 49.1 Å². The highest BCUT2D eigenvalue weighted by Crippen LogP contribution is 2.36. The van der Waals surface area contributed by atoms with E-state index in [0.29, 0.717) is 34.2 Å². The summed E-state index contributed by atoms with van der Waals surface area (Å²) in [5.41, 5.74) is 2.04. The summed E-state index contributed by atoms with van der Waals surface area (Å²) in [4.78, 5) is 29.2. The van der Waals surface area contributed by atoms with Gasteiger partial charge in [-0.25, -0.2) is 8.42 Å². The van der Waals surface area contributed by atoms with Crippen molar-refractivity contribution < 1.29 is 27.5 Å². The number of amides is 2. The van der Waals surface area contributed by atoms with Crippen LogP contribution in [0.2, 0.25) is 5.02 Å². The third-order valence-corrected chi connectivity index (χ3v) is 8.93. The minimum absolute atomic E-state index is 0.0168. The lowest BCUT2D eigenvalue weighted by Crippen LogP contribution is -2.52. The van der Waals surface area contributed by atoms with Crippen LogP contribution in [0, 0.1) is 0 Å². The molecule has 1 N–H and O–H groups in total. The summed E-state index contributed by atoms with van der Waals surface area (Å²) >= 11 is 6.50. The van der Waals surface area contributed by atoms with Gasteiger partial charge in [0, 0.05) is 43.1 Å². The fourth-order valence-corrected chi connectivity index (χ4v) is 6.00. The van der Waals surface area contributed by atoms with Crippen molar-refractivity contribution in [3.05, 3.63) is 88.9 Å². The molecular weight excluding hydrogens is 590 g/mol. The number of rotatable bonds is 14. The predicted octanol–water partition coefficient (Wildman–Crippen LogP) is 5.17. The second-order valence-electron chi connectivity index (χ2n) is 10.6. The third kappa shape index (κ3) is 8.64. The molecule has 1 aliphatic rings. The smallest absolute Gasteiger partial charge is 0.243 e. The van der Waals surface area contributed by atoms with Crippen LogP contribution in [0.25, 0.3) is 0 Å². The van der Waals surface area contributed by atoms with Gasteiger partial charge in [0.2, 0.25) is 28.6 Å². The Kier molecular flexibility index (Phi) is 10.9. The summed E-state index contributed by atoms with van der Waals surface area (Å²) in [5, 5.41) is 3.54. The lowest BCUT2D eigenvalue weighted by Gasteiger charge is -2.33. The maximum atomic E-state index is 14.0. The first-order valence-electron chi connectivity index (χ1n) is 14.3. The molecule has 3 aromatic carbocycles. The number of nitrogens with zero attached hydrogens (tertiary/aromatic N) is 2. The standard InChI is InChI=1S/C32H38ClN3O6S/c1-4-23(2)34-32(38)28(19-24-11-6-5-7-12-24)35(21-25-13-8-9-14-27(25)33)31(37)15-10-18-36(43(3,39)40)26-16-17-29-30(20-26)42-22-41-29/h5-9,11-14,16-17,20,23,28H,4,10,15,18-19,21-22H2,1-3H3,(H,34,38)/t23-,28+/m0/s1. The molecule has 0 saturated heterocycles. The molecule has 9 nitrogen and oxygen atoms in total. The number of carbonyl (C=O) groups is 2. The maximum absolute atomic E-state index is 14.0. The summed E-state index contributed by atoms with van der Waals surface area (Å²) in [5.74, 6) is 0.475. The zero-order chi connectivity index (χ0) is 31.0. The molecule has 3 aromatic rings. The maximum Gasteiger partial charge on any atom is 0.243 e. The van der Waals surface area contributed by atoms with Crippen LogP contribution >= 0.6 is 11.6 Å². The number of nitrogens with one attached hydrogen (secondary N) is 1. The summed E-state index contributed by atoms with van der Waals surface area (Å²) in [6.07, 6.45) is 2.42. The summed E-state index contributed by atoms with van der Waals surface area (Å²) in [7, 11) is -3.66. The molecule has 11 heteroatoms. The normalized spacial score (nSPS) is 13.7. The number of benzene rings is 3. The molecule has 43 heavy (non-hydrogen) atoms. The van der Waals surface area contributed by atoms with Gasteiger partial charge in [0.15, 0.2) is 11.5 Å². The number of halogens is 1. The summed E-state index contributed by atoms with van der Waals surface area (Å²) in [6.45, 7) is 4.17. The van der Waals surface area contributed by atoms with Crippen molar-refractivity contribution >= 4 is 39.1 Å². The third-order valence-electron chi connectivity index (χ3n) is 7.37. The minimum Gasteiger partial charge on any atom is -0.454 e. The molecular formula is C32H38ClN3O6S. The Morgan fingerprint density at radius 3 is 2.40 bits per heavy atom. The quantitative estimate of drug-likeness (QED) is 0.264. The molecule has 0 unspecified atom stereocenters. The van der Waals surface area contributed by atoms with Crippen LogP contribution in [0.4, 0.5) is 5.69 Å². The van der Waals surface area contributed by atoms with Gasteiger partial charge >= 0.3 is 0 Å². The largest absolute Gasteiger partial charge is 0.454 e. The lowest BCUT2D eigenvalue weighted by molar-refractivity contribution is -0.141. The number of hydrogen-bond donors (Lipinski definition) is 1. The van der Waals surface area contributed by atoms with Gasteiger partial charge < -0.3 is 19.7 Å². The van der Waals surface area contributed by atoms with E-state index < -0.39 is 16.1 Å². The number of fused-ring (bicyclic) bond motifs is 1. The predicted molar refractivity (Wildman–Crippen MR) is 168 cm³/mol. The molecule has 2 atom stereocenters. The molecule has 0 aliphatic carbocycles. The second kappa shape index (κ2) is 14.6. The zero-order valence-electron chi connectivity index (χ0n) is 24.7. The SMILES string of the molecule is CC[C@H](C)NC(=O)[C@@H](Cc1ccccc1)N(Cc1ccccc1Cl)C(=O)CCCN(c1ccc2c(c1)OCO2)S(C)(=O)=O. The average molecular weight is 628 g/mol. The van der Waals surface area contributed by atoms with E-state index in [2.05, 4.69) is 5.32 Å². The van der Waals surface area contributed by atoms with E-state index in [1.807, 2.05) is 62.4 Å². The fourth-order valence-electron chi connectivity index (χ4n) is 4.85. The van der Waals surface area contributed by atoms with E-state index in [1.54, 1.807) is 29.2 Å². The Morgan fingerprint density at radius 1 is 1.00 bits per heavy atom. The van der Waals surface area contributed by atoms with Crippen molar-refractivity contribution in [2.45, 2.75) is 58.2 Å². The van der Waals surface area contributed by atoms with E-state index in [4.69, 9.17) is 21.1 Å². The molecule has 0 spiro atoms. The average Bonchev–Trinajstić information content (AvgIpc) is 3.45. The van der Waals surface area contributed by atoms with Crippen LogP contribution in [-0.4, -0.2) is 56.8 Å². The van der Waals surface area contributed by atoms with Gasteiger partial charge in [-0.1, -0.05) is 67.1 Å². The van der Waals surface area contributed by atoms with Crippen molar-refractivity contribution in [3.63, 3.8) is 0 Å². The Labute approximate surface area is 258 Å². The summed E-state index contributed by atoms with van der Waals surface area (Å²) in [6, 6.07) is 20.8. The van der Waals surface area contributed by atoms with Crippen LogP contribution in [0.3, 0.4) is 0 Å². The molecule has 230 valence electrons. The molecule has 4 rings (SSSR count). The van der Waals surface area contributed by atoms with Crippen LogP contribution in [0.1, 0.15) is 44.2 Å². The molecule has 0 aromatic heterocycles. The molecule has 0 radical (unpaired) electrons. The van der Waals surface area contributed by atoms with Gasteiger partial charge in [-0.15, -0.1) is 0 Å². The summed E-state index contributed by atoms with van der Waals surface area (Å²) < 4.78 is 37.5. The molecule has 0 bridgehead atoms. The number of anilines is 1.